The van der Waals surface area contributed by atoms with Gasteiger partial charge in [-0.05, 0) is 6.92 Å². The number of hydrogen-bond acceptors (Lipinski definition) is 7. The Balaban J connectivity index is 1.65. The number of aromatic nitrogens is 5. The van der Waals surface area contributed by atoms with Gasteiger partial charge in [0.25, 0.3) is 0 Å². The maximum atomic E-state index is 9.44. The highest BCUT2D eigenvalue weighted by Gasteiger charge is 2.31. The molecule has 1 aliphatic rings. The van der Waals surface area contributed by atoms with Gasteiger partial charge in [-0.2, -0.15) is 4.98 Å². The molecular formula is C12H16N6O2. The fraction of sp³-hybridized carbons (Fsp3) is 0.500. The van der Waals surface area contributed by atoms with Crippen LogP contribution in [0.1, 0.15) is 24.8 Å². The Morgan fingerprint density at radius 2 is 2.25 bits per heavy atom. The molecule has 0 radical (unpaired) electrons. The van der Waals surface area contributed by atoms with Gasteiger partial charge in [-0.15, -0.1) is 5.10 Å². The van der Waals surface area contributed by atoms with Crippen LogP contribution in [0, 0.1) is 0 Å². The first-order valence-electron chi connectivity index (χ1n) is 6.39. The Morgan fingerprint density at radius 3 is 2.90 bits per heavy atom. The van der Waals surface area contributed by atoms with E-state index in [4.69, 9.17) is 4.74 Å². The van der Waals surface area contributed by atoms with E-state index in [2.05, 4.69) is 20.3 Å². The molecule has 1 aliphatic heterocycles. The summed E-state index contributed by atoms with van der Waals surface area (Å²) < 4.78 is 6.86. The predicted octanol–water partition coefficient (Wildman–Crippen LogP) is 0.191. The van der Waals surface area contributed by atoms with Crippen LogP contribution in [0.4, 0.5) is 5.95 Å². The van der Waals surface area contributed by atoms with Crippen LogP contribution in [-0.4, -0.2) is 50.3 Å². The molecule has 1 saturated heterocycles. The number of hydrogen-bond donors (Lipinski definition) is 1. The number of rotatable bonds is 4. The van der Waals surface area contributed by atoms with Crippen LogP contribution >= 0.6 is 0 Å². The lowest BCUT2D eigenvalue weighted by Gasteiger charge is -2.38. The van der Waals surface area contributed by atoms with E-state index in [1.54, 1.807) is 37.2 Å². The van der Waals surface area contributed by atoms with E-state index in [0.717, 1.165) is 13.1 Å². The molecule has 0 spiro atoms. The number of aliphatic hydroxyl groups is 1. The highest BCUT2D eigenvalue weighted by Crippen LogP contribution is 2.25. The summed E-state index contributed by atoms with van der Waals surface area (Å²) in [4.78, 5) is 10.5. The van der Waals surface area contributed by atoms with Crippen LogP contribution in [0.3, 0.4) is 0 Å². The number of aliphatic hydroxyl groups excluding tert-OH is 1. The van der Waals surface area contributed by atoms with Crippen molar-refractivity contribution < 1.29 is 9.84 Å². The first-order chi connectivity index (χ1) is 9.67. The molecule has 8 nitrogen and oxygen atoms in total. The third-order valence-corrected chi connectivity index (χ3v) is 3.30. The highest BCUT2D eigenvalue weighted by atomic mass is 16.5. The molecule has 0 amide bonds. The van der Waals surface area contributed by atoms with Crippen molar-refractivity contribution in [2.24, 2.45) is 0 Å². The van der Waals surface area contributed by atoms with Crippen LogP contribution in [0.5, 0.6) is 5.88 Å². The molecule has 106 valence electrons. The third-order valence-electron chi connectivity index (χ3n) is 3.30. The van der Waals surface area contributed by atoms with Gasteiger partial charge in [-0.1, -0.05) is 5.21 Å². The zero-order valence-electron chi connectivity index (χ0n) is 11.3. The maximum Gasteiger partial charge on any atom is 0.228 e. The zero-order chi connectivity index (χ0) is 14.1. The molecule has 0 aromatic carbocycles. The van der Waals surface area contributed by atoms with E-state index in [0.29, 0.717) is 17.5 Å². The SMILES string of the molecule is COc1ccnc(N2CC(n3cc(C(C)O)nn3)C2)n1. The smallest absolute Gasteiger partial charge is 0.228 e. The Morgan fingerprint density at radius 1 is 1.45 bits per heavy atom. The fourth-order valence-corrected chi connectivity index (χ4v) is 2.04. The molecule has 1 fully saturated rings. The average Bonchev–Trinajstić information content (AvgIpc) is 2.87. The molecule has 1 atom stereocenters. The van der Waals surface area contributed by atoms with Crippen molar-refractivity contribution >= 4 is 5.95 Å². The molecule has 1 N–H and O–H groups in total. The topological polar surface area (TPSA) is 89.2 Å². The second-order valence-electron chi connectivity index (χ2n) is 4.76. The van der Waals surface area contributed by atoms with Crippen molar-refractivity contribution in [3.8, 4) is 5.88 Å². The summed E-state index contributed by atoms with van der Waals surface area (Å²) in [6, 6.07) is 1.94. The Hall–Kier alpha value is -2.22. The summed E-state index contributed by atoms with van der Waals surface area (Å²) in [5.41, 5.74) is 0.584. The van der Waals surface area contributed by atoms with Gasteiger partial charge in [-0.3, -0.25) is 0 Å². The summed E-state index contributed by atoms with van der Waals surface area (Å²) in [5.74, 6) is 1.20. The van der Waals surface area contributed by atoms with Gasteiger partial charge in [0.1, 0.15) is 5.69 Å². The highest BCUT2D eigenvalue weighted by molar-refractivity contribution is 5.36. The minimum absolute atomic E-state index is 0.227. The van der Waals surface area contributed by atoms with Crippen LogP contribution in [0.2, 0.25) is 0 Å². The number of ether oxygens (including phenoxy) is 1. The lowest BCUT2D eigenvalue weighted by molar-refractivity contribution is 0.194. The summed E-state index contributed by atoms with van der Waals surface area (Å²) in [6.45, 7) is 3.19. The molecule has 3 heterocycles. The summed E-state index contributed by atoms with van der Waals surface area (Å²) in [5, 5.41) is 17.4. The van der Waals surface area contributed by atoms with E-state index < -0.39 is 6.10 Å². The summed E-state index contributed by atoms with van der Waals surface area (Å²) >= 11 is 0. The molecule has 2 aromatic rings. The van der Waals surface area contributed by atoms with Gasteiger partial charge in [0.15, 0.2) is 0 Å². The predicted molar refractivity (Wildman–Crippen MR) is 70.5 cm³/mol. The van der Waals surface area contributed by atoms with Crippen LogP contribution in [0.15, 0.2) is 18.5 Å². The molecule has 20 heavy (non-hydrogen) atoms. The molecule has 3 rings (SSSR count). The first kappa shape index (κ1) is 12.8. The molecule has 1 unspecified atom stereocenters. The summed E-state index contributed by atoms with van der Waals surface area (Å²) in [6.07, 6.45) is 2.86. The van der Waals surface area contributed by atoms with E-state index >= 15 is 0 Å². The number of anilines is 1. The van der Waals surface area contributed by atoms with E-state index in [1.165, 1.54) is 0 Å². The number of nitrogens with zero attached hydrogens (tertiary/aromatic N) is 6. The van der Waals surface area contributed by atoms with Gasteiger partial charge in [0.05, 0.1) is 25.5 Å². The maximum absolute atomic E-state index is 9.44. The van der Waals surface area contributed by atoms with Crippen molar-refractivity contribution in [2.75, 3.05) is 25.1 Å². The van der Waals surface area contributed by atoms with E-state index in [-0.39, 0.29) is 6.04 Å². The fourth-order valence-electron chi connectivity index (χ4n) is 2.04. The largest absolute Gasteiger partial charge is 0.481 e. The van der Waals surface area contributed by atoms with Gasteiger partial charge in [0.2, 0.25) is 11.8 Å². The summed E-state index contributed by atoms with van der Waals surface area (Å²) in [7, 11) is 1.58. The van der Waals surface area contributed by atoms with Crippen molar-refractivity contribution in [1.29, 1.82) is 0 Å². The third kappa shape index (κ3) is 2.29. The van der Waals surface area contributed by atoms with Crippen molar-refractivity contribution in [3.63, 3.8) is 0 Å². The van der Waals surface area contributed by atoms with Gasteiger partial charge < -0.3 is 14.7 Å². The number of methoxy groups -OCH3 is 1. The molecular weight excluding hydrogens is 260 g/mol. The van der Waals surface area contributed by atoms with Crippen LogP contribution in [0.25, 0.3) is 0 Å². The first-order valence-corrected chi connectivity index (χ1v) is 6.39. The molecule has 0 saturated carbocycles. The molecule has 0 aliphatic carbocycles. The monoisotopic (exact) mass is 276 g/mol. The van der Waals surface area contributed by atoms with E-state index in [1.807, 2.05) is 4.90 Å². The average molecular weight is 276 g/mol. The second kappa shape index (κ2) is 5.04. The van der Waals surface area contributed by atoms with Gasteiger partial charge in [-0.25, -0.2) is 9.67 Å². The van der Waals surface area contributed by atoms with Crippen molar-refractivity contribution in [2.45, 2.75) is 19.1 Å². The van der Waals surface area contributed by atoms with Crippen LogP contribution < -0.4 is 9.64 Å². The van der Waals surface area contributed by atoms with Gasteiger partial charge in [0, 0.05) is 25.4 Å². The lowest BCUT2D eigenvalue weighted by Crippen LogP contribution is -2.48. The van der Waals surface area contributed by atoms with Crippen LogP contribution in [-0.2, 0) is 0 Å². The Kier molecular flexibility index (Phi) is 3.23. The second-order valence-corrected chi connectivity index (χ2v) is 4.76. The van der Waals surface area contributed by atoms with Crippen molar-refractivity contribution in [1.82, 2.24) is 25.0 Å². The minimum Gasteiger partial charge on any atom is -0.481 e. The Bertz CT molecular complexity index is 593. The standard InChI is InChI=1S/C12H16N6O2/c1-8(19)10-7-18(16-15-10)9-5-17(6-9)12-13-4-3-11(14-12)20-2/h3-4,7-9,19H,5-6H2,1-2H3. The molecule has 8 heteroatoms. The molecule has 0 bridgehead atoms. The normalized spacial score (nSPS) is 16.9. The van der Waals surface area contributed by atoms with E-state index in [9.17, 15) is 5.11 Å². The van der Waals surface area contributed by atoms with Gasteiger partial charge >= 0.3 is 0 Å². The Labute approximate surface area is 116 Å². The quantitative estimate of drug-likeness (QED) is 0.852. The van der Waals surface area contributed by atoms with Crippen molar-refractivity contribution in [3.05, 3.63) is 24.2 Å². The molecule has 2 aromatic heterocycles. The lowest BCUT2D eigenvalue weighted by atomic mass is 10.1. The zero-order valence-corrected chi connectivity index (χ0v) is 11.3. The minimum atomic E-state index is -0.596.